The third-order valence-electron chi connectivity index (χ3n) is 3.23. The molecule has 2 unspecified atom stereocenters. The number of carbonyl (C=O) groups excluding carboxylic acids is 2. The number of amides is 1. The molecule has 2 rings (SSSR count). The summed E-state index contributed by atoms with van der Waals surface area (Å²) < 4.78 is 22.5. The molecule has 17 heavy (non-hydrogen) atoms. The molecule has 0 aliphatic carbocycles. The zero-order valence-electron chi connectivity index (χ0n) is 8.81. The van der Waals surface area contributed by atoms with Gasteiger partial charge in [0, 0.05) is 0 Å². The first-order valence-electron chi connectivity index (χ1n) is 4.54. The van der Waals surface area contributed by atoms with Crippen LogP contribution in [0, 0.1) is 0 Å². The molecule has 0 aromatic rings. The molecule has 3 atom stereocenters. The van der Waals surface area contributed by atoms with Crippen molar-refractivity contribution < 1.29 is 45.5 Å². The van der Waals surface area contributed by atoms with Crippen molar-refractivity contribution in [2.75, 3.05) is 0 Å². The van der Waals surface area contributed by atoms with Crippen LogP contribution in [-0.2, 0) is 41.8 Å². The Balaban J connectivity index is 0.00000144. The Labute approximate surface area is 122 Å². The van der Waals surface area contributed by atoms with E-state index in [0.717, 1.165) is 4.90 Å². The number of β-lactam (4-membered cyclic amide) rings is 1. The molecular weight excluding hydrogens is 410 g/mol. The fourth-order valence-corrected chi connectivity index (χ4v) is 5.67. The van der Waals surface area contributed by atoms with Gasteiger partial charge in [0.2, 0.25) is 5.91 Å². The number of nitrogens with zero attached hydrogens (tertiary/aromatic N) is 1. The van der Waals surface area contributed by atoms with E-state index >= 15 is 0 Å². The van der Waals surface area contributed by atoms with Crippen molar-refractivity contribution in [1.29, 1.82) is 0 Å². The summed E-state index contributed by atoms with van der Waals surface area (Å²) in [5, 5.41) is 9.88. The Morgan fingerprint density at radius 1 is 1.47 bits per heavy atom. The number of aliphatic carboxylic acids is 1. The predicted molar refractivity (Wildman–Crippen MR) is 55.1 cm³/mol. The fourth-order valence-electron chi connectivity index (χ4n) is 2.23. The van der Waals surface area contributed by atoms with Crippen molar-refractivity contribution >= 4 is 37.6 Å². The van der Waals surface area contributed by atoms with Gasteiger partial charge in [-0.25, -0.2) is 8.42 Å². The topological polar surface area (TPSA) is 94.6 Å². The molecule has 2 aliphatic heterocycles. The number of halogens is 1. The van der Waals surface area contributed by atoms with Crippen LogP contribution >= 0.6 is 15.9 Å². The smallest absolute Gasteiger partial charge is 0.548 e. The van der Waals surface area contributed by atoms with Gasteiger partial charge >= 0.3 is 22.4 Å². The third-order valence-corrected chi connectivity index (χ3v) is 7.29. The largest absolute Gasteiger partial charge is 1.00 e. The fraction of sp³-hybridized carbons (Fsp3) is 0.750. The molecule has 0 N–H and O–H groups in total. The van der Waals surface area contributed by atoms with Crippen LogP contribution in [0.25, 0.3) is 0 Å². The van der Waals surface area contributed by atoms with Crippen molar-refractivity contribution in [2.45, 2.75) is 34.8 Å². The van der Waals surface area contributed by atoms with Crippen molar-refractivity contribution in [3.63, 3.8) is 0 Å². The van der Waals surface area contributed by atoms with E-state index in [9.17, 15) is 23.1 Å². The Bertz CT molecular complexity index is 490. The van der Waals surface area contributed by atoms with Crippen LogP contribution in [0.3, 0.4) is 0 Å². The molecule has 6 nitrogen and oxygen atoms in total. The number of hydrogen-bond acceptors (Lipinski definition) is 5. The second kappa shape index (κ2) is 4.06. The van der Waals surface area contributed by atoms with Crippen LogP contribution in [0.4, 0.5) is 0 Å². The number of fused-ring (bicyclic) bond motifs is 1. The molecule has 0 radical (unpaired) electrons. The molecule has 0 bridgehead atoms. The first-order valence-corrected chi connectivity index (χ1v) is 7.01. The third kappa shape index (κ3) is 1.58. The van der Waals surface area contributed by atoms with E-state index in [1.807, 2.05) is 0 Å². The molecule has 0 aromatic heterocycles. The Morgan fingerprint density at radius 3 is 2.35 bits per heavy atom. The Hall–Kier alpha value is 0.110. The zero-order chi connectivity index (χ0) is 12.5. The first kappa shape index (κ1) is 15.2. The van der Waals surface area contributed by atoms with Crippen LogP contribution in [0.2, 0.25) is 0 Å². The quantitative estimate of drug-likeness (QED) is 0.285. The van der Waals surface area contributed by atoms with E-state index in [-0.39, 0.29) is 22.4 Å². The van der Waals surface area contributed by atoms with Crippen LogP contribution < -0.4 is 5.11 Å². The molecule has 2 aliphatic rings. The van der Waals surface area contributed by atoms with Gasteiger partial charge in [0.1, 0.15) is 4.83 Å². The van der Waals surface area contributed by atoms with E-state index < -0.39 is 42.7 Å². The van der Waals surface area contributed by atoms with E-state index in [1.165, 1.54) is 13.8 Å². The van der Waals surface area contributed by atoms with Gasteiger partial charge in [-0.2, -0.15) is 0 Å². The van der Waals surface area contributed by atoms with Crippen molar-refractivity contribution in [3.05, 3.63) is 0 Å². The summed E-state index contributed by atoms with van der Waals surface area (Å²) in [5.74, 6) is -2.06. The summed E-state index contributed by atoms with van der Waals surface area (Å²) >= 11 is 2.95. The average Bonchev–Trinajstić information content (AvgIpc) is 2.28. The predicted octanol–water partition coefficient (Wildman–Crippen LogP) is -1.76. The summed E-state index contributed by atoms with van der Waals surface area (Å²) in [6, 6.07) is -1.41. The Kier molecular flexibility index (Phi) is 3.62. The monoisotopic (exact) mass is 417 g/mol. The van der Waals surface area contributed by atoms with Crippen molar-refractivity contribution in [1.82, 2.24) is 4.90 Å². The maximum atomic E-state index is 12.0. The van der Waals surface area contributed by atoms with Crippen LogP contribution in [0.1, 0.15) is 13.8 Å². The number of sulfone groups is 1. The number of alkyl halides is 1. The molecule has 1 amide bonds. The van der Waals surface area contributed by atoms with E-state index in [4.69, 9.17) is 0 Å². The molecule has 0 aromatic carbocycles. The van der Waals surface area contributed by atoms with E-state index in [2.05, 4.69) is 15.9 Å². The maximum absolute atomic E-state index is 12.0. The molecule has 0 spiro atoms. The van der Waals surface area contributed by atoms with Gasteiger partial charge in [-0.3, -0.25) is 4.79 Å². The summed E-state index contributed by atoms with van der Waals surface area (Å²) in [6.45, 7) is 2.60. The van der Waals surface area contributed by atoms with Crippen molar-refractivity contribution in [3.8, 4) is 0 Å². The summed E-state index contributed by atoms with van der Waals surface area (Å²) in [4.78, 5) is 22.5. The molecule has 2 saturated heterocycles. The molecule has 2 fully saturated rings. The van der Waals surface area contributed by atoms with Gasteiger partial charge < -0.3 is 14.8 Å². The number of carboxylic acid groups (broad SMARTS) is 1. The van der Waals surface area contributed by atoms with Crippen LogP contribution in [0.15, 0.2) is 0 Å². The normalized spacial score (nSPS) is 36.8. The summed E-state index contributed by atoms with van der Waals surface area (Å²) in [7, 11) is -3.70. The van der Waals surface area contributed by atoms with Crippen LogP contribution in [0.5, 0.6) is 0 Å². The van der Waals surface area contributed by atoms with E-state index in [1.54, 1.807) is 0 Å². The first-order chi connectivity index (χ1) is 7.14. The van der Waals surface area contributed by atoms with Gasteiger partial charge in [-0.15, -0.1) is 0 Å². The number of carboxylic acids is 1. The average molecular weight is 419 g/mol. The number of carbonyl (C=O) groups is 2. The minimum absolute atomic E-state index is 0. The van der Waals surface area contributed by atoms with Gasteiger partial charge in [0.05, 0.1) is 16.8 Å². The van der Waals surface area contributed by atoms with E-state index in [0.29, 0.717) is 0 Å². The Morgan fingerprint density at radius 2 is 1.94 bits per heavy atom. The minimum Gasteiger partial charge on any atom is -0.548 e. The number of rotatable bonds is 1. The van der Waals surface area contributed by atoms with Gasteiger partial charge in [-0.05, 0) is 13.8 Å². The number of hydrogen-bond donors (Lipinski definition) is 0. The molecule has 9 heteroatoms. The van der Waals surface area contributed by atoms with Gasteiger partial charge in [0.25, 0.3) is 0 Å². The minimum atomic E-state index is -3.70. The standard InChI is InChI=1S/C8H10BrNO5S.Ag/c1-8(2)4(7(12)13)10-5(11)3(9)6(10)16(8,14)15;/h3-4,6H,1-2H3,(H,12,13);/q;+1/p-1/t3?,4-,6?;/m0./s1. The van der Waals surface area contributed by atoms with Gasteiger partial charge in [-0.1, -0.05) is 15.9 Å². The summed E-state index contributed by atoms with van der Waals surface area (Å²) in [5.41, 5.74) is 0. The molecule has 2 heterocycles. The second-order valence-electron chi connectivity index (χ2n) is 4.41. The maximum Gasteiger partial charge on any atom is 1.00 e. The van der Waals surface area contributed by atoms with Gasteiger partial charge in [0.15, 0.2) is 15.2 Å². The molecular formula is C8H9AgBrNO5S. The zero-order valence-corrected chi connectivity index (χ0v) is 12.7. The SMILES string of the molecule is CC1(C)[C@H](C(=O)[O-])N2C(=O)C(Br)C2S1(=O)=O.[Ag+]. The second-order valence-corrected chi connectivity index (χ2v) is 8.02. The molecule has 0 saturated carbocycles. The van der Waals surface area contributed by atoms with Crippen molar-refractivity contribution in [2.24, 2.45) is 0 Å². The summed E-state index contributed by atoms with van der Waals surface area (Å²) in [6.07, 6.45) is 0. The molecule has 100 valence electrons. The van der Waals surface area contributed by atoms with Crippen LogP contribution in [-0.4, -0.2) is 46.2 Å².